The van der Waals surface area contributed by atoms with Gasteiger partial charge < -0.3 is 15.2 Å². The van der Waals surface area contributed by atoms with Gasteiger partial charge in [0, 0.05) is 13.0 Å². The molecule has 1 aromatic rings. The minimum atomic E-state index is -0.861. The molecule has 0 spiro atoms. The highest BCUT2D eigenvalue weighted by Gasteiger charge is 2.15. The number of thiophene rings is 1. The summed E-state index contributed by atoms with van der Waals surface area (Å²) in [7, 11) is 1.51. The Morgan fingerprint density at radius 3 is 2.88 bits per heavy atom. The fourth-order valence-electron chi connectivity index (χ4n) is 1.34. The highest BCUT2D eigenvalue weighted by atomic mass is 32.1. The van der Waals surface area contributed by atoms with E-state index in [0.29, 0.717) is 17.2 Å². The summed E-state index contributed by atoms with van der Waals surface area (Å²) >= 11 is 1.29. The van der Waals surface area contributed by atoms with Crippen molar-refractivity contribution in [3.63, 3.8) is 0 Å². The van der Waals surface area contributed by atoms with Crippen molar-refractivity contribution < 1.29 is 19.4 Å². The number of rotatable bonds is 6. The molecule has 1 aromatic heterocycles. The first-order valence-corrected chi connectivity index (χ1v) is 6.04. The summed E-state index contributed by atoms with van der Waals surface area (Å²) in [6.07, 6.45) is 0.0435. The summed E-state index contributed by atoms with van der Waals surface area (Å²) < 4.78 is 5.03. The first-order chi connectivity index (χ1) is 8.04. The van der Waals surface area contributed by atoms with E-state index in [0.717, 1.165) is 0 Å². The van der Waals surface area contributed by atoms with Crippen molar-refractivity contribution >= 4 is 23.2 Å². The Balaban J connectivity index is 2.47. The fourth-order valence-corrected chi connectivity index (χ4v) is 2.12. The molecule has 2 N–H and O–H groups in total. The van der Waals surface area contributed by atoms with E-state index in [4.69, 9.17) is 9.84 Å². The Hall–Kier alpha value is -1.56. The van der Waals surface area contributed by atoms with Crippen LogP contribution in [-0.4, -0.2) is 30.6 Å². The van der Waals surface area contributed by atoms with Gasteiger partial charge in [0.25, 0.3) is 5.91 Å². The summed E-state index contributed by atoms with van der Waals surface area (Å²) in [6, 6.07) is 1.72. The first kappa shape index (κ1) is 13.5. The topological polar surface area (TPSA) is 75.6 Å². The minimum absolute atomic E-state index is 0.0435. The van der Waals surface area contributed by atoms with Crippen LogP contribution in [0.5, 0.6) is 5.75 Å². The van der Waals surface area contributed by atoms with Crippen LogP contribution in [0.2, 0.25) is 0 Å². The molecule has 6 heteroatoms. The molecule has 1 atom stereocenters. The van der Waals surface area contributed by atoms with Gasteiger partial charge in [0.15, 0.2) is 0 Å². The van der Waals surface area contributed by atoms with Gasteiger partial charge in [0.05, 0.1) is 7.11 Å². The minimum Gasteiger partial charge on any atom is -0.495 e. The Bertz CT molecular complexity index is 402. The number of aliphatic carboxylic acids is 1. The Kier molecular flexibility index (Phi) is 4.96. The normalized spacial score (nSPS) is 11.9. The second-order valence-corrected chi connectivity index (χ2v) is 4.65. The molecule has 0 aliphatic carbocycles. The maximum atomic E-state index is 11.7. The molecule has 0 fully saturated rings. The summed E-state index contributed by atoms with van der Waals surface area (Å²) in [5.41, 5.74) is 0. The molecule has 94 valence electrons. The lowest BCUT2D eigenvalue weighted by Crippen LogP contribution is -2.28. The summed E-state index contributed by atoms with van der Waals surface area (Å²) in [6.45, 7) is 2.12. The van der Waals surface area contributed by atoms with Crippen LogP contribution in [-0.2, 0) is 4.79 Å². The smallest absolute Gasteiger partial charge is 0.303 e. The standard InChI is InChI=1S/C11H15NO4S/c1-7(5-9(13)14)6-12-11(15)10-8(16-2)3-4-17-10/h3-4,7H,5-6H2,1-2H3,(H,12,15)(H,13,14). The molecule has 0 aromatic carbocycles. The van der Waals surface area contributed by atoms with Crippen molar-refractivity contribution in [1.29, 1.82) is 0 Å². The number of carbonyl (C=O) groups excluding carboxylic acids is 1. The van der Waals surface area contributed by atoms with E-state index in [-0.39, 0.29) is 18.2 Å². The molecule has 5 nitrogen and oxygen atoms in total. The number of nitrogens with one attached hydrogen (secondary N) is 1. The fraction of sp³-hybridized carbons (Fsp3) is 0.455. The van der Waals surface area contributed by atoms with Crippen LogP contribution in [0.25, 0.3) is 0 Å². The van der Waals surface area contributed by atoms with Crippen molar-refractivity contribution in [1.82, 2.24) is 5.32 Å². The van der Waals surface area contributed by atoms with E-state index < -0.39 is 5.97 Å². The third kappa shape index (κ3) is 4.07. The quantitative estimate of drug-likeness (QED) is 0.811. The highest BCUT2D eigenvalue weighted by molar-refractivity contribution is 7.12. The maximum absolute atomic E-state index is 11.7. The molecular weight excluding hydrogens is 242 g/mol. The van der Waals surface area contributed by atoms with Gasteiger partial charge in [-0.3, -0.25) is 9.59 Å². The largest absolute Gasteiger partial charge is 0.495 e. The second kappa shape index (κ2) is 6.24. The molecule has 0 radical (unpaired) electrons. The van der Waals surface area contributed by atoms with Gasteiger partial charge in [-0.2, -0.15) is 0 Å². The number of ether oxygens (including phenoxy) is 1. The zero-order valence-electron chi connectivity index (χ0n) is 9.73. The molecular formula is C11H15NO4S. The third-order valence-electron chi connectivity index (χ3n) is 2.19. The van der Waals surface area contributed by atoms with Crippen LogP contribution in [0.1, 0.15) is 23.0 Å². The Morgan fingerprint density at radius 2 is 2.29 bits per heavy atom. The van der Waals surface area contributed by atoms with Crippen LogP contribution >= 0.6 is 11.3 Å². The maximum Gasteiger partial charge on any atom is 0.303 e. The molecule has 0 saturated heterocycles. The Labute approximate surface area is 103 Å². The number of methoxy groups -OCH3 is 1. The zero-order chi connectivity index (χ0) is 12.8. The van der Waals surface area contributed by atoms with Gasteiger partial charge in [-0.15, -0.1) is 11.3 Å². The molecule has 1 amide bonds. The number of carboxylic acid groups (broad SMARTS) is 1. The van der Waals surface area contributed by atoms with Crippen LogP contribution in [0.4, 0.5) is 0 Å². The average molecular weight is 257 g/mol. The van der Waals surface area contributed by atoms with Gasteiger partial charge in [0.2, 0.25) is 0 Å². The number of carbonyl (C=O) groups is 2. The number of hydrogen-bond acceptors (Lipinski definition) is 4. The second-order valence-electron chi connectivity index (χ2n) is 3.73. The van der Waals surface area contributed by atoms with Crippen molar-refractivity contribution in [3.05, 3.63) is 16.3 Å². The predicted octanol–water partition coefficient (Wildman–Crippen LogP) is 1.60. The van der Waals surface area contributed by atoms with Crippen molar-refractivity contribution in [2.75, 3.05) is 13.7 Å². The van der Waals surface area contributed by atoms with E-state index in [1.807, 2.05) is 0 Å². The monoisotopic (exact) mass is 257 g/mol. The van der Waals surface area contributed by atoms with Crippen LogP contribution in [0, 0.1) is 5.92 Å². The molecule has 0 aliphatic heterocycles. The van der Waals surface area contributed by atoms with E-state index in [2.05, 4.69) is 5.32 Å². The Morgan fingerprint density at radius 1 is 1.59 bits per heavy atom. The summed E-state index contributed by atoms with van der Waals surface area (Å²) in [5.74, 6) is -0.643. The SMILES string of the molecule is COc1ccsc1C(=O)NCC(C)CC(=O)O. The molecule has 0 aliphatic rings. The average Bonchev–Trinajstić information content (AvgIpc) is 2.72. The lowest BCUT2D eigenvalue weighted by atomic mass is 10.1. The lowest BCUT2D eigenvalue weighted by molar-refractivity contribution is -0.137. The van der Waals surface area contributed by atoms with E-state index in [1.165, 1.54) is 18.4 Å². The predicted molar refractivity (Wildman–Crippen MR) is 64.6 cm³/mol. The first-order valence-electron chi connectivity index (χ1n) is 5.16. The van der Waals surface area contributed by atoms with Gasteiger partial charge >= 0.3 is 5.97 Å². The molecule has 1 heterocycles. The molecule has 1 rings (SSSR count). The third-order valence-corrected chi connectivity index (χ3v) is 3.08. The molecule has 17 heavy (non-hydrogen) atoms. The van der Waals surface area contributed by atoms with Crippen molar-refractivity contribution in [2.45, 2.75) is 13.3 Å². The zero-order valence-corrected chi connectivity index (χ0v) is 10.5. The van der Waals surface area contributed by atoms with Gasteiger partial charge in [-0.1, -0.05) is 6.92 Å². The van der Waals surface area contributed by atoms with Crippen LogP contribution in [0.15, 0.2) is 11.4 Å². The van der Waals surface area contributed by atoms with Crippen molar-refractivity contribution in [2.24, 2.45) is 5.92 Å². The molecule has 1 unspecified atom stereocenters. The number of carboxylic acids is 1. The van der Waals surface area contributed by atoms with Gasteiger partial charge in [0.1, 0.15) is 10.6 Å². The van der Waals surface area contributed by atoms with Gasteiger partial charge in [-0.25, -0.2) is 0 Å². The van der Waals surface area contributed by atoms with Crippen LogP contribution < -0.4 is 10.1 Å². The van der Waals surface area contributed by atoms with Crippen LogP contribution in [0.3, 0.4) is 0 Å². The van der Waals surface area contributed by atoms with E-state index >= 15 is 0 Å². The van der Waals surface area contributed by atoms with E-state index in [9.17, 15) is 9.59 Å². The van der Waals surface area contributed by atoms with E-state index in [1.54, 1.807) is 18.4 Å². The summed E-state index contributed by atoms with van der Waals surface area (Å²) in [5, 5.41) is 13.0. The highest BCUT2D eigenvalue weighted by Crippen LogP contribution is 2.23. The lowest BCUT2D eigenvalue weighted by Gasteiger charge is -2.10. The number of hydrogen-bond donors (Lipinski definition) is 2. The molecule has 0 bridgehead atoms. The number of amides is 1. The summed E-state index contributed by atoms with van der Waals surface area (Å²) in [4.78, 5) is 22.7. The van der Waals surface area contributed by atoms with Crippen molar-refractivity contribution in [3.8, 4) is 5.75 Å². The molecule has 0 saturated carbocycles. The van der Waals surface area contributed by atoms with Gasteiger partial charge in [-0.05, 0) is 17.4 Å².